The molecular formula is C16H13NO2. The second-order valence-corrected chi connectivity index (χ2v) is 4.77. The third-order valence-electron chi connectivity index (χ3n) is 3.43. The number of hydrogen-bond acceptors (Lipinski definition) is 2. The van der Waals surface area contributed by atoms with E-state index >= 15 is 0 Å². The molecule has 0 aliphatic heterocycles. The zero-order valence-electron chi connectivity index (χ0n) is 10.4. The monoisotopic (exact) mass is 251 g/mol. The fourth-order valence-corrected chi connectivity index (χ4v) is 2.48. The van der Waals surface area contributed by atoms with Crippen molar-refractivity contribution in [2.75, 3.05) is 0 Å². The van der Waals surface area contributed by atoms with E-state index in [9.17, 15) is 10.1 Å². The van der Waals surface area contributed by atoms with Crippen LogP contribution in [0.3, 0.4) is 0 Å². The van der Waals surface area contributed by atoms with E-state index in [-0.39, 0.29) is 10.6 Å². The van der Waals surface area contributed by atoms with Crippen LogP contribution in [0.5, 0.6) is 0 Å². The van der Waals surface area contributed by atoms with Crippen molar-refractivity contribution < 1.29 is 4.92 Å². The number of benzene rings is 2. The highest BCUT2D eigenvalue weighted by Gasteiger charge is 2.14. The molecule has 0 saturated carbocycles. The molecule has 0 radical (unpaired) electrons. The molecule has 0 atom stereocenters. The van der Waals surface area contributed by atoms with Crippen molar-refractivity contribution in [3.8, 4) is 0 Å². The maximum atomic E-state index is 10.6. The molecule has 1 aliphatic rings. The predicted octanol–water partition coefficient (Wildman–Crippen LogP) is 3.78. The zero-order valence-corrected chi connectivity index (χ0v) is 10.4. The van der Waals surface area contributed by atoms with E-state index in [4.69, 9.17) is 0 Å². The van der Waals surface area contributed by atoms with Gasteiger partial charge in [-0.3, -0.25) is 10.1 Å². The van der Waals surface area contributed by atoms with Crippen LogP contribution in [-0.2, 0) is 12.8 Å². The summed E-state index contributed by atoms with van der Waals surface area (Å²) in [5.74, 6) is 0. The van der Waals surface area contributed by atoms with Crippen molar-refractivity contribution >= 4 is 11.8 Å². The maximum Gasteiger partial charge on any atom is 0.269 e. The Bertz CT molecular complexity index is 630. The molecule has 0 fully saturated rings. The summed E-state index contributed by atoms with van der Waals surface area (Å²) in [5.41, 5.74) is 5.28. The van der Waals surface area contributed by atoms with E-state index in [1.54, 1.807) is 24.3 Å². The molecule has 3 rings (SSSR count). The predicted molar refractivity (Wildman–Crippen MR) is 74.9 cm³/mol. The minimum atomic E-state index is -0.373. The van der Waals surface area contributed by atoms with Crippen molar-refractivity contribution in [3.63, 3.8) is 0 Å². The number of fused-ring (bicyclic) bond motifs is 1. The highest BCUT2D eigenvalue weighted by atomic mass is 16.6. The van der Waals surface area contributed by atoms with E-state index in [1.165, 1.54) is 16.7 Å². The van der Waals surface area contributed by atoms with Gasteiger partial charge in [-0.05, 0) is 41.7 Å². The fraction of sp³-hybridized carbons (Fsp3) is 0.125. The molecule has 3 nitrogen and oxygen atoms in total. The number of hydrogen-bond donors (Lipinski definition) is 0. The van der Waals surface area contributed by atoms with E-state index < -0.39 is 0 Å². The van der Waals surface area contributed by atoms with Crippen LogP contribution in [0.15, 0.2) is 54.1 Å². The second kappa shape index (κ2) is 4.69. The van der Waals surface area contributed by atoms with Crippen molar-refractivity contribution in [3.05, 3.63) is 80.9 Å². The van der Waals surface area contributed by atoms with Crippen molar-refractivity contribution in [1.29, 1.82) is 0 Å². The van der Waals surface area contributed by atoms with Gasteiger partial charge in [-0.25, -0.2) is 0 Å². The summed E-state index contributed by atoms with van der Waals surface area (Å²) in [7, 11) is 0. The second-order valence-electron chi connectivity index (χ2n) is 4.77. The van der Waals surface area contributed by atoms with E-state index in [1.807, 2.05) is 0 Å². The van der Waals surface area contributed by atoms with Gasteiger partial charge in [0.05, 0.1) is 4.92 Å². The molecule has 0 spiro atoms. The summed E-state index contributed by atoms with van der Waals surface area (Å²) < 4.78 is 0. The minimum absolute atomic E-state index is 0.136. The molecule has 2 aromatic rings. The van der Waals surface area contributed by atoms with E-state index in [0.717, 1.165) is 18.4 Å². The van der Waals surface area contributed by atoms with Crippen LogP contribution in [0.25, 0.3) is 6.08 Å². The first-order valence-electron chi connectivity index (χ1n) is 6.23. The molecule has 0 bridgehead atoms. The Kier molecular flexibility index (Phi) is 2.88. The number of rotatable bonds is 2. The highest BCUT2D eigenvalue weighted by Crippen LogP contribution is 2.27. The summed E-state index contributed by atoms with van der Waals surface area (Å²) in [5, 5.41) is 10.6. The summed E-state index contributed by atoms with van der Waals surface area (Å²) in [4.78, 5) is 10.2. The van der Waals surface area contributed by atoms with Crippen LogP contribution in [0, 0.1) is 10.1 Å². The zero-order chi connectivity index (χ0) is 13.2. The van der Waals surface area contributed by atoms with E-state index in [0.29, 0.717) is 0 Å². The highest BCUT2D eigenvalue weighted by molar-refractivity contribution is 5.59. The molecule has 0 unspecified atom stereocenters. The average Bonchev–Trinajstić information content (AvgIpc) is 2.81. The van der Waals surface area contributed by atoms with Crippen LogP contribution in [0.2, 0.25) is 0 Å². The third-order valence-corrected chi connectivity index (χ3v) is 3.43. The molecule has 0 heterocycles. The van der Waals surface area contributed by atoms with Crippen molar-refractivity contribution in [2.45, 2.75) is 12.8 Å². The molecule has 0 N–H and O–H groups in total. The van der Waals surface area contributed by atoms with Crippen LogP contribution in [-0.4, -0.2) is 4.92 Å². The number of nitrogens with zero attached hydrogens (tertiary/aromatic N) is 1. The Labute approximate surface area is 111 Å². The largest absolute Gasteiger partial charge is 0.269 e. The molecular weight excluding hydrogens is 238 g/mol. The van der Waals surface area contributed by atoms with Crippen LogP contribution in [0.4, 0.5) is 5.69 Å². The number of allylic oxidation sites excluding steroid dienone is 1. The van der Waals surface area contributed by atoms with Gasteiger partial charge in [-0.15, -0.1) is 0 Å². The Morgan fingerprint density at radius 2 is 1.53 bits per heavy atom. The average molecular weight is 251 g/mol. The molecule has 0 saturated heterocycles. The van der Waals surface area contributed by atoms with Gasteiger partial charge in [0, 0.05) is 12.1 Å². The van der Waals surface area contributed by atoms with Crippen molar-refractivity contribution in [1.82, 2.24) is 0 Å². The normalized spacial score (nSPS) is 13.2. The smallest absolute Gasteiger partial charge is 0.258 e. The Hall–Kier alpha value is -2.42. The molecule has 0 amide bonds. The third kappa shape index (κ3) is 2.40. The van der Waals surface area contributed by atoms with Gasteiger partial charge in [0.2, 0.25) is 0 Å². The van der Waals surface area contributed by atoms with Gasteiger partial charge in [-0.2, -0.15) is 0 Å². The topological polar surface area (TPSA) is 43.1 Å². The Morgan fingerprint density at radius 1 is 0.947 bits per heavy atom. The first kappa shape index (κ1) is 11.7. The molecule has 0 aromatic heterocycles. The van der Waals surface area contributed by atoms with Crippen LogP contribution >= 0.6 is 0 Å². The van der Waals surface area contributed by atoms with Gasteiger partial charge >= 0.3 is 0 Å². The SMILES string of the molecule is O=[N+]([O-])c1ccc(C=C2Cc3ccccc3C2)cc1. The standard InChI is InChI=1S/C16H13NO2/c18-17(19)16-7-5-12(6-8-16)9-13-10-14-3-1-2-4-15(14)11-13/h1-9H,10-11H2. The molecule has 2 aromatic carbocycles. The maximum absolute atomic E-state index is 10.6. The summed E-state index contributed by atoms with van der Waals surface area (Å²) >= 11 is 0. The quantitative estimate of drug-likeness (QED) is 0.602. The Morgan fingerprint density at radius 3 is 2.05 bits per heavy atom. The van der Waals surface area contributed by atoms with Gasteiger partial charge in [0.1, 0.15) is 0 Å². The lowest BCUT2D eigenvalue weighted by Crippen LogP contribution is -1.87. The number of nitro groups is 1. The van der Waals surface area contributed by atoms with Gasteiger partial charge in [0.25, 0.3) is 5.69 Å². The van der Waals surface area contributed by atoms with E-state index in [2.05, 4.69) is 30.3 Å². The van der Waals surface area contributed by atoms with Crippen LogP contribution < -0.4 is 0 Å². The number of non-ortho nitro benzene ring substituents is 1. The molecule has 19 heavy (non-hydrogen) atoms. The lowest BCUT2D eigenvalue weighted by Gasteiger charge is -1.97. The summed E-state index contributed by atoms with van der Waals surface area (Å²) in [6, 6.07) is 15.1. The first-order chi connectivity index (χ1) is 9.22. The lowest BCUT2D eigenvalue weighted by molar-refractivity contribution is -0.384. The molecule has 3 heteroatoms. The fourth-order valence-electron chi connectivity index (χ4n) is 2.48. The lowest BCUT2D eigenvalue weighted by atomic mass is 10.1. The molecule has 1 aliphatic carbocycles. The first-order valence-corrected chi connectivity index (χ1v) is 6.23. The van der Waals surface area contributed by atoms with Gasteiger partial charge in [-0.1, -0.05) is 35.9 Å². The molecule has 94 valence electrons. The van der Waals surface area contributed by atoms with Crippen molar-refractivity contribution in [2.24, 2.45) is 0 Å². The Balaban J connectivity index is 1.82. The summed E-state index contributed by atoms with van der Waals surface area (Å²) in [6.45, 7) is 0. The summed E-state index contributed by atoms with van der Waals surface area (Å²) in [6.07, 6.45) is 4.09. The number of nitro benzene ring substituents is 1. The van der Waals surface area contributed by atoms with Gasteiger partial charge < -0.3 is 0 Å². The van der Waals surface area contributed by atoms with Crippen LogP contribution in [0.1, 0.15) is 16.7 Å². The minimum Gasteiger partial charge on any atom is -0.258 e. The van der Waals surface area contributed by atoms with Gasteiger partial charge in [0.15, 0.2) is 0 Å².